The lowest BCUT2D eigenvalue weighted by Crippen LogP contribution is -2.13. The molecule has 0 N–H and O–H groups in total. The molecule has 0 bridgehead atoms. The summed E-state index contributed by atoms with van der Waals surface area (Å²) in [6, 6.07) is 85.4. The number of aromatic nitrogens is 1. The number of hydrogen-bond donors (Lipinski definition) is 0. The van der Waals surface area contributed by atoms with Gasteiger partial charge in [-0.25, -0.2) is 0 Å². The first-order valence-corrected chi connectivity index (χ1v) is 20.2. The minimum atomic E-state index is 1.07. The Bertz CT molecular complexity index is 3210. The molecule has 1 aromatic heterocycles. The molecule has 0 aliphatic rings. The minimum Gasteiger partial charge on any atom is -0.310 e. The maximum atomic E-state index is 2.44. The monoisotopic (exact) mass is 753 g/mol. The highest BCUT2D eigenvalue weighted by atomic mass is 15.2. The summed E-state index contributed by atoms with van der Waals surface area (Å²) in [6.45, 7) is 0. The summed E-state index contributed by atoms with van der Waals surface area (Å²) in [6.07, 6.45) is 0. The van der Waals surface area contributed by atoms with Crippen LogP contribution in [0, 0.1) is 0 Å². The van der Waals surface area contributed by atoms with Gasteiger partial charge in [0.2, 0.25) is 0 Å². The quantitative estimate of drug-likeness (QED) is 0.143. The average Bonchev–Trinajstić information content (AvgIpc) is 3.63. The summed E-state index contributed by atoms with van der Waals surface area (Å²) < 4.78 is 2.41. The van der Waals surface area contributed by atoms with E-state index in [0.29, 0.717) is 0 Å². The Morgan fingerprint density at radius 3 is 1.54 bits per heavy atom. The van der Waals surface area contributed by atoms with E-state index in [1.54, 1.807) is 0 Å². The van der Waals surface area contributed by atoms with E-state index < -0.39 is 0 Å². The Hall–Kier alpha value is -7.88. The zero-order chi connectivity index (χ0) is 39.1. The molecule has 11 rings (SSSR count). The van der Waals surface area contributed by atoms with Crippen LogP contribution in [0.25, 0.3) is 60.2 Å². The number of para-hydroxylation sites is 4. The molecule has 0 amide bonds. The van der Waals surface area contributed by atoms with Gasteiger partial charge in [0.15, 0.2) is 0 Å². The van der Waals surface area contributed by atoms with E-state index in [1.165, 1.54) is 54.5 Å². The van der Waals surface area contributed by atoms with Crippen LogP contribution in [0.1, 0.15) is 0 Å². The van der Waals surface area contributed by atoms with Crippen LogP contribution in [0.5, 0.6) is 0 Å². The van der Waals surface area contributed by atoms with E-state index in [1.807, 2.05) is 0 Å². The molecule has 0 saturated carbocycles. The van der Waals surface area contributed by atoms with Crippen LogP contribution in [-0.2, 0) is 0 Å². The third-order valence-electron chi connectivity index (χ3n) is 11.5. The molecule has 10 aromatic carbocycles. The minimum absolute atomic E-state index is 1.07. The number of anilines is 6. The second-order valence-corrected chi connectivity index (χ2v) is 15.0. The van der Waals surface area contributed by atoms with Gasteiger partial charge in [-0.05, 0) is 118 Å². The second-order valence-electron chi connectivity index (χ2n) is 15.0. The van der Waals surface area contributed by atoms with Gasteiger partial charge >= 0.3 is 0 Å². The summed E-state index contributed by atoms with van der Waals surface area (Å²) in [7, 11) is 0. The highest BCUT2D eigenvalue weighted by Crippen LogP contribution is 2.46. The summed E-state index contributed by atoms with van der Waals surface area (Å²) in [5.41, 5.74) is 12.5. The second kappa shape index (κ2) is 14.6. The first-order valence-electron chi connectivity index (χ1n) is 20.2. The zero-order valence-corrected chi connectivity index (χ0v) is 32.4. The molecule has 0 fully saturated rings. The van der Waals surface area contributed by atoms with E-state index in [4.69, 9.17) is 0 Å². The van der Waals surface area contributed by atoms with Crippen LogP contribution in [0.2, 0.25) is 0 Å². The number of rotatable bonds is 8. The highest BCUT2D eigenvalue weighted by molar-refractivity contribution is 6.21. The standard InChI is InChI=1S/C56H39N3/c1-5-17-40(18-6-1)41-33-35-47(36-34-41)58(49-27-16-26-48(38-49)57(44-20-7-2-8-21-44)45-22-9-3-10-23-45)54-30-15-19-42-31-32-43-37-52-50-28-13-14-29-53(50)59(46-24-11-4-12-25-46)55(52)39-51(43)56(42)54/h1-39H. The first kappa shape index (κ1) is 34.4. The lowest BCUT2D eigenvalue weighted by molar-refractivity contribution is 1.18. The lowest BCUT2D eigenvalue weighted by Gasteiger charge is -2.30. The van der Waals surface area contributed by atoms with Gasteiger partial charge in [-0.15, -0.1) is 0 Å². The maximum absolute atomic E-state index is 2.44. The lowest BCUT2D eigenvalue weighted by atomic mass is 9.97. The maximum Gasteiger partial charge on any atom is 0.0547 e. The van der Waals surface area contributed by atoms with Crippen LogP contribution in [0.15, 0.2) is 237 Å². The van der Waals surface area contributed by atoms with Gasteiger partial charge in [0.05, 0.1) is 16.7 Å². The van der Waals surface area contributed by atoms with E-state index in [2.05, 4.69) is 251 Å². The fraction of sp³-hybridized carbons (Fsp3) is 0. The van der Waals surface area contributed by atoms with Crippen molar-refractivity contribution in [3.05, 3.63) is 237 Å². The largest absolute Gasteiger partial charge is 0.310 e. The smallest absolute Gasteiger partial charge is 0.0547 e. The number of nitrogens with zero attached hydrogens (tertiary/aromatic N) is 3. The molecular formula is C56H39N3. The van der Waals surface area contributed by atoms with Crippen LogP contribution in [0.4, 0.5) is 34.1 Å². The van der Waals surface area contributed by atoms with Gasteiger partial charge in [0, 0.05) is 50.3 Å². The molecule has 11 aromatic rings. The van der Waals surface area contributed by atoms with E-state index in [9.17, 15) is 0 Å². The van der Waals surface area contributed by atoms with Crippen molar-refractivity contribution in [2.24, 2.45) is 0 Å². The Balaban J connectivity index is 1.17. The van der Waals surface area contributed by atoms with Crippen molar-refractivity contribution >= 4 is 77.5 Å². The Labute approximate surface area is 343 Å². The highest BCUT2D eigenvalue weighted by Gasteiger charge is 2.21. The number of benzene rings is 10. The molecule has 0 aliphatic heterocycles. The third kappa shape index (κ3) is 6.08. The van der Waals surface area contributed by atoms with Crippen molar-refractivity contribution in [3.63, 3.8) is 0 Å². The van der Waals surface area contributed by atoms with Crippen molar-refractivity contribution in [2.45, 2.75) is 0 Å². The molecule has 1 heterocycles. The van der Waals surface area contributed by atoms with Crippen LogP contribution < -0.4 is 9.80 Å². The summed E-state index contributed by atoms with van der Waals surface area (Å²) >= 11 is 0. The van der Waals surface area contributed by atoms with Gasteiger partial charge in [0.25, 0.3) is 0 Å². The molecule has 0 aliphatic carbocycles. The van der Waals surface area contributed by atoms with Crippen LogP contribution >= 0.6 is 0 Å². The topological polar surface area (TPSA) is 11.4 Å². The molecule has 278 valence electrons. The molecule has 0 unspecified atom stereocenters. The van der Waals surface area contributed by atoms with Crippen molar-refractivity contribution < 1.29 is 0 Å². The summed E-state index contributed by atoms with van der Waals surface area (Å²) in [5.74, 6) is 0. The third-order valence-corrected chi connectivity index (χ3v) is 11.5. The van der Waals surface area contributed by atoms with Crippen LogP contribution in [-0.4, -0.2) is 4.57 Å². The van der Waals surface area contributed by atoms with Gasteiger partial charge in [-0.2, -0.15) is 0 Å². The van der Waals surface area contributed by atoms with Crippen molar-refractivity contribution in [1.82, 2.24) is 4.57 Å². The summed E-state index contributed by atoms with van der Waals surface area (Å²) in [4.78, 5) is 4.77. The molecule has 3 nitrogen and oxygen atoms in total. The number of hydrogen-bond acceptors (Lipinski definition) is 2. The molecule has 59 heavy (non-hydrogen) atoms. The Morgan fingerprint density at radius 2 is 0.831 bits per heavy atom. The molecular weight excluding hydrogens is 715 g/mol. The predicted octanol–water partition coefficient (Wildman–Crippen LogP) is 15.7. The summed E-state index contributed by atoms with van der Waals surface area (Å²) in [5, 5.41) is 7.31. The van der Waals surface area contributed by atoms with E-state index in [-0.39, 0.29) is 0 Å². The van der Waals surface area contributed by atoms with Gasteiger partial charge in [-0.1, -0.05) is 146 Å². The van der Waals surface area contributed by atoms with Crippen molar-refractivity contribution in [2.75, 3.05) is 9.80 Å². The fourth-order valence-electron chi connectivity index (χ4n) is 8.83. The van der Waals surface area contributed by atoms with Crippen LogP contribution in [0.3, 0.4) is 0 Å². The number of fused-ring (bicyclic) bond motifs is 6. The van der Waals surface area contributed by atoms with Gasteiger partial charge in [0.1, 0.15) is 0 Å². The molecule has 0 radical (unpaired) electrons. The molecule has 3 heteroatoms. The predicted molar refractivity (Wildman–Crippen MR) is 251 cm³/mol. The van der Waals surface area contributed by atoms with E-state index >= 15 is 0 Å². The first-order chi connectivity index (χ1) is 29.3. The zero-order valence-electron chi connectivity index (χ0n) is 32.4. The fourth-order valence-corrected chi connectivity index (χ4v) is 8.83. The molecule has 0 saturated heterocycles. The SMILES string of the molecule is c1ccc(-c2ccc(N(c3cccc(N(c4ccccc4)c4ccccc4)c3)c3cccc4ccc5cc6c7ccccc7n(-c7ccccc7)c6cc5c34)cc2)cc1. The van der Waals surface area contributed by atoms with Crippen molar-refractivity contribution in [1.29, 1.82) is 0 Å². The normalized spacial score (nSPS) is 11.4. The van der Waals surface area contributed by atoms with Gasteiger partial charge < -0.3 is 14.4 Å². The Kier molecular flexibility index (Phi) is 8.49. The molecule has 0 spiro atoms. The van der Waals surface area contributed by atoms with E-state index in [0.717, 1.165) is 39.8 Å². The van der Waals surface area contributed by atoms with Gasteiger partial charge in [-0.3, -0.25) is 0 Å². The average molecular weight is 754 g/mol. The van der Waals surface area contributed by atoms with Crippen molar-refractivity contribution in [3.8, 4) is 16.8 Å². The Morgan fingerprint density at radius 1 is 0.288 bits per heavy atom. The molecule has 0 atom stereocenters.